The molecule has 1 aromatic rings. The zero-order chi connectivity index (χ0) is 14.4. The number of aliphatic hydroxyl groups excluding tert-OH is 1. The van der Waals surface area contributed by atoms with E-state index in [4.69, 9.17) is 4.74 Å². The summed E-state index contributed by atoms with van der Waals surface area (Å²) in [5.74, 6) is 0.132. The molecule has 0 unspecified atom stereocenters. The molecule has 0 saturated heterocycles. The van der Waals surface area contributed by atoms with Crippen LogP contribution in [0, 0.1) is 10.1 Å². The quantitative estimate of drug-likeness (QED) is 0.358. The normalized spacial score (nSPS) is 11.9. The molecule has 1 rings (SSSR count). The molecular formula is C13H16BrNO4. The van der Waals surface area contributed by atoms with Crippen molar-refractivity contribution in [2.24, 2.45) is 0 Å². The molecule has 0 heterocycles. The van der Waals surface area contributed by atoms with E-state index in [1.54, 1.807) is 19.1 Å². The van der Waals surface area contributed by atoms with E-state index < -0.39 is 11.0 Å². The van der Waals surface area contributed by atoms with E-state index in [1.165, 1.54) is 6.07 Å². The van der Waals surface area contributed by atoms with Gasteiger partial charge in [0.15, 0.2) is 0 Å². The molecule has 0 amide bonds. The molecule has 5 nitrogen and oxygen atoms in total. The van der Waals surface area contributed by atoms with E-state index in [0.717, 1.165) is 12.8 Å². The van der Waals surface area contributed by atoms with Crippen LogP contribution in [0.2, 0.25) is 0 Å². The second-order valence-corrected chi connectivity index (χ2v) is 4.97. The van der Waals surface area contributed by atoms with Gasteiger partial charge in [-0.2, -0.15) is 0 Å². The van der Waals surface area contributed by atoms with Gasteiger partial charge in [-0.15, -0.1) is 6.58 Å². The predicted molar refractivity (Wildman–Crippen MR) is 76.4 cm³/mol. The maximum absolute atomic E-state index is 11.0. The Hall–Kier alpha value is -1.40. The van der Waals surface area contributed by atoms with Crippen LogP contribution in [0.4, 0.5) is 5.69 Å². The van der Waals surface area contributed by atoms with E-state index in [-0.39, 0.29) is 11.4 Å². The first kappa shape index (κ1) is 15.7. The maximum Gasteiger partial charge on any atom is 0.312 e. The van der Waals surface area contributed by atoms with Crippen molar-refractivity contribution in [1.82, 2.24) is 0 Å². The molecule has 104 valence electrons. The second-order valence-electron chi connectivity index (χ2n) is 4.06. The number of halogens is 1. The number of benzene rings is 1. The number of nitro benzene ring substituents is 1. The highest BCUT2D eigenvalue weighted by molar-refractivity contribution is 9.10. The second kappa shape index (κ2) is 7.25. The summed E-state index contributed by atoms with van der Waals surface area (Å²) in [4.78, 5) is 10.5. The van der Waals surface area contributed by atoms with Crippen molar-refractivity contribution < 1.29 is 14.8 Å². The number of hydrogen-bond acceptors (Lipinski definition) is 4. The van der Waals surface area contributed by atoms with Crippen LogP contribution in [0.25, 0.3) is 0 Å². The van der Waals surface area contributed by atoms with Gasteiger partial charge >= 0.3 is 5.69 Å². The standard InChI is InChI=1S/C13H16BrNO4/c1-3-4-5-6-19-13-11(9(2)16)7-10(14)8-12(13)15(17)18/h3,7-9,16H,1,4-6H2,2H3/t9-/m0/s1. The molecule has 0 bridgehead atoms. The number of hydrogen-bond donors (Lipinski definition) is 1. The van der Waals surface area contributed by atoms with E-state index in [2.05, 4.69) is 22.5 Å². The van der Waals surface area contributed by atoms with Crippen LogP contribution in [-0.2, 0) is 0 Å². The molecule has 1 aromatic carbocycles. The van der Waals surface area contributed by atoms with Crippen LogP contribution in [-0.4, -0.2) is 16.6 Å². The van der Waals surface area contributed by atoms with Crippen molar-refractivity contribution in [1.29, 1.82) is 0 Å². The Kier molecular flexibility index (Phi) is 5.98. The largest absolute Gasteiger partial charge is 0.487 e. The third kappa shape index (κ3) is 4.33. The van der Waals surface area contributed by atoms with E-state index in [1.807, 2.05) is 0 Å². The van der Waals surface area contributed by atoms with Crippen LogP contribution in [0.1, 0.15) is 31.4 Å². The fourth-order valence-corrected chi connectivity index (χ4v) is 2.07. The highest BCUT2D eigenvalue weighted by Crippen LogP contribution is 2.37. The summed E-state index contributed by atoms with van der Waals surface area (Å²) in [6.45, 7) is 5.48. The molecule has 0 aliphatic carbocycles. The highest BCUT2D eigenvalue weighted by atomic mass is 79.9. The van der Waals surface area contributed by atoms with Gasteiger partial charge in [-0.3, -0.25) is 10.1 Å². The summed E-state index contributed by atoms with van der Waals surface area (Å²) < 4.78 is 6.01. The topological polar surface area (TPSA) is 72.6 Å². The summed E-state index contributed by atoms with van der Waals surface area (Å²) in [5.41, 5.74) is 0.253. The Bertz CT molecular complexity index is 474. The summed E-state index contributed by atoms with van der Waals surface area (Å²) >= 11 is 3.19. The van der Waals surface area contributed by atoms with E-state index >= 15 is 0 Å². The minimum atomic E-state index is -0.842. The summed E-state index contributed by atoms with van der Waals surface area (Å²) in [7, 11) is 0. The van der Waals surface area contributed by atoms with Gasteiger partial charge in [0, 0.05) is 16.1 Å². The fraction of sp³-hybridized carbons (Fsp3) is 0.385. The third-order valence-corrected chi connectivity index (χ3v) is 2.97. The lowest BCUT2D eigenvalue weighted by Gasteiger charge is -2.14. The number of aliphatic hydroxyl groups is 1. The van der Waals surface area contributed by atoms with Crippen molar-refractivity contribution in [3.05, 3.63) is 44.9 Å². The summed E-state index contributed by atoms with van der Waals surface area (Å²) in [6.07, 6.45) is 2.41. The molecule has 0 fully saturated rings. The molecule has 0 radical (unpaired) electrons. The number of rotatable bonds is 7. The minimum Gasteiger partial charge on any atom is -0.487 e. The average Bonchev–Trinajstić information content (AvgIpc) is 2.34. The molecule has 0 aromatic heterocycles. The SMILES string of the molecule is C=CCCCOc1c([C@H](C)O)cc(Br)cc1[N+](=O)[O-]. The molecule has 0 aliphatic rings. The van der Waals surface area contributed by atoms with Crippen LogP contribution in [0.5, 0.6) is 5.75 Å². The van der Waals surface area contributed by atoms with Crippen LogP contribution < -0.4 is 4.74 Å². The number of unbranched alkanes of at least 4 members (excludes halogenated alkanes) is 1. The van der Waals surface area contributed by atoms with Crippen molar-refractivity contribution >= 4 is 21.6 Å². The molecule has 6 heteroatoms. The van der Waals surface area contributed by atoms with Crippen LogP contribution >= 0.6 is 15.9 Å². The Balaban J connectivity index is 3.08. The highest BCUT2D eigenvalue weighted by Gasteiger charge is 2.23. The van der Waals surface area contributed by atoms with Gasteiger partial charge < -0.3 is 9.84 Å². The zero-order valence-electron chi connectivity index (χ0n) is 10.6. The zero-order valence-corrected chi connectivity index (χ0v) is 12.2. The molecule has 1 N–H and O–H groups in total. The van der Waals surface area contributed by atoms with Crippen molar-refractivity contribution in [3.8, 4) is 5.75 Å². The number of nitrogens with zero attached hydrogens (tertiary/aromatic N) is 1. The first-order chi connectivity index (χ1) is 8.97. The molecule has 1 atom stereocenters. The summed E-state index contributed by atoms with van der Waals surface area (Å²) in [6, 6.07) is 3.00. The maximum atomic E-state index is 11.0. The summed E-state index contributed by atoms with van der Waals surface area (Å²) in [5, 5.41) is 20.7. The lowest BCUT2D eigenvalue weighted by molar-refractivity contribution is -0.386. The van der Waals surface area contributed by atoms with Gasteiger partial charge in [0.2, 0.25) is 5.75 Å². The van der Waals surface area contributed by atoms with Gasteiger partial charge in [-0.25, -0.2) is 0 Å². The lowest BCUT2D eigenvalue weighted by atomic mass is 10.1. The molecule has 19 heavy (non-hydrogen) atoms. The van der Waals surface area contributed by atoms with E-state index in [9.17, 15) is 15.2 Å². The number of allylic oxidation sites excluding steroid dienone is 1. The molecular weight excluding hydrogens is 314 g/mol. The Labute approximate surface area is 120 Å². The van der Waals surface area contributed by atoms with Crippen molar-refractivity contribution in [2.75, 3.05) is 6.61 Å². The first-order valence-corrected chi connectivity index (χ1v) is 6.66. The molecule has 0 saturated carbocycles. The molecule has 0 spiro atoms. The Morgan fingerprint density at radius 1 is 1.63 bits per heavy atom. The molecule has 0 aliphatic heterocycles. The van der Waals surface area contributed by atoms with Gasteiger partial charge in [0.25, 0.3) is 0 Å². The number of nitro groups is 1. The number of ether oxygens (including phenoxy) is 1. The van der Waals surface area contributed by atoms with Crippen LogP contribution in [0.3, 0.4) is 0 Å². The van der Waals surface area contributed by atoms with Gasteiger partial charge in [-0.05, 0) is 25.8 Å². The Morgan fingerprint density at radius 3 is 2.84 bits per heavy atom. The van der Waals surface area contributed by atoms with Gasteiger partial charge in [0.1, 0.15) is 0 Å². The fourth-order valence-electron chi connectivity index (χ4n) is 1.60. The Morgan fingerprint density at radius 2 is 2.32 bits per heavy atom. The monoisotopic (exact) mass is 329 g/mol. The van der Waals surface area contributed by atoms with Crippen molar-refractivity contribution in [2.45, 2.75) is 25.9 Å². The van der Waals surface area contributed by atoms with Crippen molar-refractivity contribution in [3.63, 3.8) is 0 Å². The van der Waals surface area contributed by atoms with Gasteiger partial charge in [0.05, 0.1) is 17.6 Å². The average molecular weight is 330 g/mol. The van der Waals surface area contributed by atoms with Gasteiger partial charge in [-0.1, -0.05) is 22.0 Å². The lowest BCUT2D eigenvalue weighted by Crippen LogP contribution is -2.05. The minimum absolute atomic E-state index is 0.132. The van der Waals surface area contributed by atoms with Crippen LogP contribution in [0.15, 0.2) is 29.3 Å². The third-order valence-electron chi connectivity index (χ3n) is 2.51. The smallest absolute Gasteiger partial charge is 0.312 e. The van der Waals surface area contributed by atoms with E-state index in [0.29, 0.717) is 16.6 Å². The predicted octanol–water partition coefficient (Wildman–Crippen LogP) is 3.76. The first-order valence-electron chi connectivity index (χ1n) is 5.87.